The molecule has 0 aliphatic rings. The molecule has 8 nitrogen and oxygen atoms in total. The second-order valence-corrected chi connectivity index (χ2v) is 7.49. The molecule has 0 bridgehead atoms. The Morgan fingerprint density at radius 2 is 1.97 bits per heavy atom. The van der Waals surface area contributed by atoms with Crippen LogP contribution in [0.2, 0.25) is 0 Å². The molecule has 1 heterocycles. The van der Waals surface area contributed by atoms with Crippen molar-refractivity contribution in [2.75, 3.05) is 37.9 Å². The maximum atomic E-state index is 12.5. The smallest absolute Gasteiger partial charge is 0.341 e. The standard InChI is InChI=1S/C21H27N3O5S/c1-6-29-21(27)17-12(2)18(19(26)22-4)30-20(17)24-16(25)11-23-15-9-7-8-14(10-15)13(3)28-5/h7-10,13,23H,6,11H2,1-5H3,(H,22,26)(H,24,25). The fourth-order valence-electron chi connectivity index (χ4n) is 2.77. The van der Waals surface area contributed by atoms with Crippen LogP contribution in [0, 0.1) is 6.92 Å². The highest BCUT2D eigenvalue weighted by Gasteiger charge is 2.26. The monoisotopic (exact) mass is 433 g/mol. The lowest BCUT2D eigenvalue weighted by Crippen LogP contribution is -2.22. The van der Waals surface area contributed by atoms with E-state index >= 15 is 0 Å². The average molecular weight is 434 g/mol. The molecule has 1 unspecified atom stereocenters. The molecule has 1 atom stereocenters. The summed E-state index contributed by atoms with van der Waals surface area (Å²) in [6.45, 7) is 5.46. The summed E-state index contributed by atoms with van der Waals surface area (Å²) in [6, 6.07) is 7.58. The molecule has 9 heteroatoms. The number of nitrogens with one attached hydrogen (secondary N) is 3. The third kappa shape index (κ3) is 5.58. The van der Waals surface area contributed by atoms with Crippen molar-refractivity contribution < 1.29 is 23.9 Å². The predicted octanol–water partition coefficient (Wildman–Crippen LogP) is 3.35. The van der Waals surface area contributed by atoms with E-state index in [4.69, 9.17) is 9.47 Å². The summed E-state index contributed by atoms with van der Waals surface area (Å²) in [4.78, 5) is 37.3. The van der Waals surface area contributed by atoms with Crippen LogP contribution in [0.15, 0.2) is 24.3 Å². The minimum absolute atomic E-state index is 0.0145. The molecular weight excluding hydrogens is 406 g/mol. The molecule has 0 radical (unpaired) electrons. The Labute approximate surface area is 180 Å². The van der Waals surface area contributed by atoms with Gasteiger partial charge >= 0.3 is 5.97 Å². The van der Waals surface area contributed by atoms with Crippen molar-refractivity contribution >= 4 is 39.8 Å². The molecule has 162 valence electrons. The van der Waals surface area contributed by atoms with Crippen LogP contribution >= 0.6 is 11.3 Å². The number of rotatable bonds is 9. The average Bonchev–Trinajstić information content (AvgIpc) is 3.07. The van der Waals surface area contributed by atoms with E-state index in [-0.39, 0.29) is 41.6 Å². The Morgan fingerprint density at radius 1 is 1.23 bits per heavy atom. The topological polar surface area (TPSA) is 106 Å². The molecule has 30 heavy (non-hydrogen) atoms. The first kappa shape index (κ1) is 23.4. The van der Waals surface area contributed by atoms with Crippen LogP contribution in [0.1, 0.15) is 51.1 Å². The van der Waals surface area contributed by atoms with Gasteiger partial charge in [-0.15, -0.1) is 11.3 Å². The molecule has 2 aromatic rings. The van der Waals surface area contributed by atoms with Crippen molar-refractivity contribution in [1.82, 2.24) is 5.32 Å². The zero-order valence-electron chi connectivity index (χ0n) is 17.8. The van der Waals surface area contributed by atoms with Gasteiger partial charge in [0.05, 0.1) is 29.7 Å². The van der Waals surface area contributed by atoms with Crippen molar-refractivity contribution in [3.05, 3.63) is 45.8 Å². The van der Waals surface area contributed by atoms with Gasteiger partial charge in [-0.1, -0.05) is 12.1 Å². The fraction of sp³-hybridized carbons (Fsp3) is 0.381. The molecule has 0 aliphatic carbocycles. The molecule has 2 rings (SSSR count). The number of anilines is 2. The molecular formula is C21H27N3O5S. The quantitative estimate of drug-likeness (QED) is 0.524. The number of hydrogen-bond acceptors (Lipinski definition) is 7. The molecule has 0 aliphatic heterocycles. The maximum absolute atomic E-state index is 12.5. The molecule has 3 N–H and O–H groups in total. The largest absolute Gasteiger partial charge is 0.462 e. The highest BCUT2D eigenvalue weighted by atomic mass is 32.1. The maximum Gasteiger partial charge on any atom is 0.341 e. The molecule has 0 saturated heterocycles. The Hall–Kier alpha value is -2.91. The van der Waals surface area contributed by atoms with Crippen LogP contribution in [0.25, 0.3) is 0 Å². The summed E-state index contributed by atoms with van der Waals surface area (Å²) in [5.74, 6) is -1.26. The lowest BCUT2D eigenvalue weighted by molar-refractivity contribution is -0.114. The van der Waals surface area contributed by atoms with Crippen LogP contribution in [-0.2, 0) is 14.3 Å². The summed E-state index contributed by atoms with van der Waals surface area (Å²) in [7, 11) is 3.14. The molecule has 1 aromatic heterocycles. The van der Waals surface area contributed by atoms with Crippen LogP contribution in [-0.4, -0.2) is 45.1 Å². The van der Waals surface area contributed by atoms with Gasteiger partial charge in [-0.2, -0.15) is 0 Å². The first-order valence-electron chi connectivity index (χ1n) is 9.51. The van der Waals surface area contributed by atoms with Crippen molar-refractivity contribution in [3.8, 4) is 0 Å². The molecule has 0 saturated carbocycles. The van der Waals surface area contributed by atoms with Gasteiger partial charge in [-0.05, 0) is 44.0 Å². The Balaban J connectivity index is 2.16. The predicted molar refractivity (Wildman–Crippen MR) is 117 cm³/mol. The number of thiophene rings is 1. The number of carbonyl (C=O) groups excluding carboxylic acids is 3. The lowest BCUT2D eigenvalue weighted by atomic mass is 10.1. The number of ether oxygens (including phenoxy) is 2. The van der Waals surface area contributed by atoms with Gasteiger partial charge in [-0.25, -0.2) is 4.79 Å². The van der Waals surface area contributed by atoms with E-state index in [1.54, 1.807) is 21.0 Å². The van der Waals surface area contributed by atoms with E-state index in [2.05, 4.69) is 16.0 Å². The second kappa shape index (κ2) is 10.7. The Bertz CT molecular complexity index is 925. The van der Waals surface area contributed by atoms with E-state index in [0.29, 0.717) is 10.4 Å². The zero-order chi connectivity index (χ0) is 22.3. The summed E-state index contributed by atoms with van der Waals surface area (Å²) < 4.78 is 10.4. The van der Waals surface area contributed by atoms with E-state index in [1.165, 1.54) is 7.05 Å². The van der Waals surface area contributed by atoms with Crippen molar-refractivity contribution in [1.29, 1.82) is 0 Å². The van der Waals surface area contributed by atoms with Crippen molar-refractivity contribution in [3.63, 3.8) is 0 Å². The summed E-state index contributed by atoms with van der Waals surface area (Å²) in [6.07, 6.45) is -0.0649. The van der Waals surface area contributed by atoms with Crippen molar-refractivity contribution in [2.24, 2.45) is 0 Å². The zero-order valence-corrected chi connectivity index (χ0v) is 18.6. The van der Waals surface area contributed by atoms with Crippen LogP contribution in [0.5, 0.6) is 0 Å². The van der Waals surface area contributed by atoms with Gasteiger partial charge < -0.3 is 25.4 Å². The van der Waals surface area contributed by atoms with E-state index in [9.17, 15) is 14.4 Å². The molecule has 1 aromatic carbocycles. The third-order valence-corrected chi connectivity index (χ3v) is 5.68. The lowest BCUT2D eigenvalue weighted by Gasteiger charge is -2.12. The number of carbonyl (C=O) groups is 3. The molecule has 0 fully saturated rings. The highest BCUT2D eigenvalue weighted by Crippen LogP contribution is 2.33. The fourth-order valence-corrected chi connectivity index (χ4v) is 3.93. The first-order valence-corrected chi connectivity index (χ1v) is 10.3. The second-order valence-electron chi connectivity index (χ2n) is 6.47. The highest BCUT2D eigenvalue weighted by molar-refractivity contribution is 7.18. The molecule has 2 amide bonds. The van der Waals surface area contributed by atoms with Crippen LogP contribution in [0.3, 0.4) is 0 Å². The number of esters is 1. The van der Waals surface area contributed by atoms with Crippen LogP contribution < -0.4 is 16.0 Å². The van der Waals surface area contributed by atoms with Gasteiger partial charge in [0.1, 0.15) is 5.00 Å². The summed E-state index contributed by atoms with van der Waals surface area (Å²) in [5.41, 5.74) is 2.43. The SMILES string of the molecule is CCOC(=O)c1c(NC(=O)CNc2cccc(C(C)OC)c2)sc(C(=O)NC)c1C. The van der Waals surface area contributed by atoms with E-state index in [0.717, 1.165) is 22.6 Å². The summed E-state index contributed by atoms with van der Waals surface area (Å²) >= 11 is 1.04. The summed E-state index contributed by atoms with van der Waals surface area (Å²) in [5, 5.41) is 8.60. The van der Waals surface area contributed by atoms with Gasteiger partial charge in [-0.3, -0.25) is 9.59 Å². The first-order chi connectivity index (χ1) is 14.3. The number of benzene rings is 1. The number of amides is 2. The van der Waals surface area contributed by atoms with Gasteiger partial charge in [0.15, 0.2) is 0 Å². The van der Waals surface area contributed by atoms with E-state index in [1.807, 2.05) is 31.2 Å². The van der Waals surface area contributed by atoms with Gasteiger partial charge in [0.25, 0.3) is 5.91 Å². The Kier molecular flexibility index (Phi) is 8.37. The van der Waals surface area contributed by atoms with Gasteiger partial charge in [0.2, 0.25) is 5.91 Å². The molecule has 0 spiro atoms. The van der Waals surface area contributed by atoms with E-state index < -0.39 is 5.97 Å². The normalized spacial score (nSPS) is 11.5. The third-order valence-electron chi connectivity index (χ3n) is 4.48. The minimum atomic E-state index is -0.578. The number of methoxy groups -OCH3 is 1. The number of hydrogen-bond donors (Lipinski definition) is 3. The van der Waals surface area contributed by atoms with Gasteiger partial charge in [0, 0.05) is 19.8 Å². The minimum Gasteiger partial charge on any atom is -0.462 e. The Morgan fingerprint density at radius 3 is 2.60 bits per heavy atom. The van der Waals surface area contributed by atoms with Crippen molar-refractivity contribution in [2.45, 2.75) is 26.9 Å². The van der Waals surface area contributed by atoms with Crippen LogP contribution in [0.4, 0.5) is 10.7 Å².